The standard InChI is InChI=1S/C15H9BrF6O/c16-12-2-1-3-13(7-12)23-8-9-4-10(14(17,18)19)6-11(5-9)15(20,21)22/h1-7H,8H2. The molecule has 0 aromatic heterocycles. The van der Waals surface area contributed by atoms with E-state index in [0.29, 0.717) is 22.4 Å². The summed E-state index contributed by atoms with van der Waals surface area (Å²) < 4.78 is 82.3. The molecule has 124 valence electrons. The molecule has 0 saturated heterocycles. The van der Waals surface area contributed by atoms with Crippen molar-refractivity contribution in [3.05, 3.63) is 63.6 Å². The highest BCUT2D eigenvalue weighted by molar-refractivity contribution is 9.10. The van der Waals surface area contributed by atoms with Crippen LogP contribution in [0.25, 0.3) is 0 Å². The summed E-state index contributed by atoms with van der Waals surface area (Å²) in [6.45, 7) is -0.413. The van der Waals surface area contributed by atoms with Crippen LogP contribution >= 0.6 is 15.9 Å². The van der Waals surface area contributed by atoms with Crippen molar-refractivity contribution in [1.82, 2.24) is 0 Å². The number of alkyl halides is 6. The van der Waals surface area contributed by atoms with E-state index in [1.807, 2.05) is 0 Å². The highest BCUT2D eigenvalue weighted by atomic mass is 79.9. The minimum atomic E-state index is -4.87. The number of benzene rings is 2. The minimum Gasteiger partial charge on any atom is -0.489 e. The van der Waals surface area contributed by atoms with E-state index in [0.717, 1.165) is 0 Å². The third-order valence-corrected chi connectivity index (χ3v) is 3.34. The first kappa shape index (κ1) is 17.7. The molecule has 0 bridgehead atoms. The molecule has 0 spiro atoms. The molecule has 1 nitrogen and oxygen atoms in total. The largest absolute Gasteiger partial charge is 0.489 e. The maximum Gasteiger partial charge on any atom is 0.416 e. The van der Waals surface area contributed by atoms with Gasteiger partial charge in [0.2, 0.25) is 0 Å². The zero-order valence-electron chi connectivity index (χ0n) is 11.3. The van der Waals surface area contributed by atoms with Crippen LogP contribution in [0.15, 0.2) is 46.9 Å². The SMILES string of the molecule is FC(F)(F)c1cc(COc2cccc(Br)c2)cc(C(F)(F)F)c1. The number of hydrogen-bond donors (Lipinski definition) is 0. The number of rotatable bonds is 3. The Kier molecular flexibility index (Phi) is 4.93. The molecule has 0 radical (unpaired) electrons. The zero-order valence-corrected chi connectivity index (χ0v) is 12.9. The summed E-state index contributed by atoms with van der Waals surface area (Å²) in [5.74, 6) is 0.324. The number of ether oxygens (including phenoxy) is 1. The molecule has 0 aliphatic carbocycles. The second-order valence-corrected chi connectivity index (χ2v) is 5.58. The third-order valence-electron chi connectivity index (χ3n) is 2.85. The minimum absolute atomic E-state index is 0.0859. The lowest BCUT2D eigenvalue weighted by Crippen LogP contribution is -2.12. The molecule has 0 unspecified atom stereocenters. The molecular formula is C15H9BrF6O. The maximum absolute atomic E-state index is 12.7. The Morgan fingerprint density at radius 3 is 1.87 bits per heavy atom. The van der Waals surface area contributed by atoms with Crippen molar-refractivity contribution in [1.29, 1.82) is 0 Å². The fraction of sp³-hybridized carbons (Fsp3) is 0.200. The van der Waals surface area contributed by atoms with Gasteiger partial charge in [-0.05, 0) is 42.0 Å². The van der Waals surface area contributed by atoms with Crippen LogP contribution in [0.5, 0.6) is 5.75 Å². The molecule has 0 fully saturated rings. The summed E-state index contributed by atoms with van der Waals surface area (Å²) in [7, 11) is 0. The molecule has 0 heterocycles. The Bertz CT molecular complexity index is 661. The van der Waals surface area contributed by atoms with Crippen molar-refractivity contribution < 1.29 is 31.1 Å². The van der Waals surface area contributed by atoms with Gasteiger partial charge in [0.25, 0.3) is 0 Å². The summed E-state index contributed by atoms with van der Waals surface area (Å²) in [5.41, 5.74) is -2.94. The molecule has 2 rings (SSSR count). The van der Waals surface area contributed by atoms with Gasteiger partial charge in [0.1, 0.15) is 12.4 Å². The average molecular weight is 399 g/mol. The summed E-state index contributed by atoms with van der Waals surface area (Å²) in [6.07, 6.45) is -9.74. The van der Waals surface area contributed by atoms with Gasteiger partial charge in [0.15, 0.2) is 0 Å². The van der Waals surface area contributed by atoms with Gasteiger partial charge in [-0.1, -0.05) is 22.0 Å². The van der Waals surface area contributed by atoms with Gasteiger partial charge < -0.3 is 4.74 Å². The number of hydrogen-bond acceptors (Lipinski definition) is 1. The Hall–Kier alpha value is -1.70. The van der Waals surface area contributed by atoms with Crippen LogP contribution in [-0.4, -0.2) is 0 Å². The fourth-order valence-corrected chi connectivity index (χ4v) is 2.20. The van der Waals surface area contributed by atoms with Crippen molar-refractivity contribution in [2.75, 3.05) is 0 Å². The van der Waals surface area contributed by atoms with Crippen molar-refractivity contribution in [2.45, 2.75) is 19.0 Å². The fourth-order valence-electron chi connectivity index (χ4n) is 1.83. The first-order valence-corrected chi connectivity index (χ1v) is 7.02. The molecule has 0 amide bonds. The number of halogens is 7. The first-order chi connectivity index (χ1) is 10.6. The monoisotopic (exact) mass is 398 g/mol. The molecule has 2 aromatic carbocycles. The highest BCUT2D eigenvalue weighted by Gasteiger charge is 2.36. The van der Waals surface area contributed by atoms with Crippen LogP contribution in [0.3, 0.4) is 0 Å². The van der Waals surface area contributed by atoms with Crippen molar-refractivity contribution in [2.24, 2.45) is 0 Å². The zero-order chi connectivity index (χ0) is 17.3. The maximum atomic E-state index is 12.7. The lowest BCUT2D eigenvalue weighted by Gasteiger charge is -2.14. The molecule has 8 heteroatoms. The average Bonchev–Trinajstić information content (AvgIpc) is 2.43. The summed E-state index contributed by atoms with van der Waals surface area (Å²) >= 11 is 3.19. The van der Waals surface area contributed by atoms with Crippen LogP contribution in [0.4, 0.5) is 26.3 Å². The Balaban J connectivity index is 2.30. The van der Waals surface area contributed by atoms with Crippen LogP contribution in [-0.2, 0) is 19.0 Å². The molecule has 0 atom stereocenters. The molecule has 0 aliphatic heterocycles. The van der Waals surface area contributed by atoms with Crippen LogP contribution < -0.4 is 4.74 Å². The van der Waals surface area contributed by atoms with Gasteiger partial charge in [-0.25, -0.2) is 0 Å². The van der Waals surface area contributed by atoms with E-state index in [4.69, 9.17) is 4.74 Å². The van der Waals surface area contributed by atoms with Gasteiger partial charge in [-0.2, -0.15) is 26.3 Å². The van der Waals surface area contributed by atoms with Crippen molar-refractivity contribution >= 4 is 15.9 Å². The van der Waals surface area contributed by atoms with E-state index in [1.54, 1.807) is 24.3 Å². The quantitative estimate of drug-likeness (QED) is 0.570. The smallest absolute Gasteiger partial charge is 0.416 e. The van der Waals surface area contributed by atoms with Crippen molar-refractivity contribution in [3.63, 3.8) is 0 Å². The Morgan fingerprint density at radius 1 is 0.826 bits per heavy atom. The highest BCUT2D eigenvalue weighted by Crippen LogP contribution is 2.36. The van der Waals surface area contributed by atoms with E-state index in [-0.39, 0.29) is 11.6 Å². The molecule has 23 heavy (non-hydrogen) atoms. The topological polar surface area (TPSA) is 9.23 Å². The van der Waals surface area contributed by atoms with Crippen LogP contribution in [0.1, 0.15) is 16.7 Å². The third kappa shape index (κ3) is 4.89. The van der Waals surface area contributed by atoms with E-state index in [9.17, 15) is 26.3 Å². The van der Waals surface area contributed by atoms with Gasteiger partial charge in [0.05, 0.1) is 11.1 Å². The lowest BCUT2D eigenvalue weighted by atomic mass is 10.1. The molecule has 0 N–H and O–H groups in total. The Morgan fingerprint density at radius 2 is 1.39 bits per heavy atom. The summed E-state index contributed by atoms with van der Waals surface area (Å²) in [5, 5.41) is 0. The lowest BCUT2D eigenvalue weighted by molar-refractivity contribution is -0.143. The van der Waals surface area contributed by atoms with E-state index >= 15 is 0 Å². The van der Waals surface area contributed by atoms with E-state index in [2.05, 4.69) is 15.9 Å². The molecule has 2 aromatic rings. The summed E-state index contributed by atoms with van der Waals surface area (Å²) in [6, 6.07) is 7.82. The summed E-state index contributed by atoms with van der Waals surface area (Å²) in [4.78, 5) is 0. The predicted octanol–water partition coefficient (Wildman–Crippen LogP) is 6.07. The molecule has 0 aliphatic rings. The van der Waals surface area contributed by atoms with Crippen LogP contribution in [0.2, 0.25) is 0 Å². The second-order valence-electron chi connectivity index (χ2n) is 4.66. The van der Waals surface area contributed by atoms with Gasteiger partial charge in [0, 0.05) is 4.47 Å². The van der Waals surface area contributed by atoms with Gasteiger partial charge in [-0.3, -0.25) is 0 Å². The van der Waals surface area contributed by atoms with E-state index in [1.165, 1.54) is 0 Å². The predicted molar refractivity (Wildman–Crippen MR) is 74.9 cm³/mol. The van der Waals surface area contributed by atoms with Gasteiger partial charge in [-0.15, -0.1) is 0 Å². The first-order valence-electron chi connectivity index (χ1n) is 6.22. The second kappa shape index (κ2) is 6.43. The Labute approximate surface area is 136 Å². The van der Waals surface area contributed by atoms with Gasteiger partial charge >= 0.3 is 12.4 Å². The molecule has 0 saturated carbocycles. The normalized spacial score (nSPS) is 12.3. The molecular weight excluding hydrogens is 390 g/mol. The van der Waals surface area contributed by atoms with Crippen molar-refractivity contribution in [3.8, 4) is 5.75 Å². The van der Waals surface area contributed by atoms with E-state index < -0.39 is 30.1 Å². The van der Waals surface area contributed by atoms with Crippen LogP contribution in [0, 0.1) is 0 Å².